The molecule has 0 bridgehead atoms. The van der Waals surface area contributed by atoms with E-state index in [1.165, 1.54) is 6.07 Å². The van der Waals surface area contributed by atoms with Crippen molar-refractivity contribution < 1.29 is 13.2 Å². The number of nitrogens with zero attached hydrogens (tertiary/aromatic N) is 1. The van der Waals surface area contributed by atoms with E-state index in [9.17, 15) is 13.2 Å². The van der Waals surface area contributed by atoms with E-state index in [1.54, 1.807) is 18.0 Å². The van der Waals surface area contributed by atoms with Crippen molar-refractivity contribution in [2.75, 3.05) is 24.2 Å². The molecule has 17 heavy (non-hydrogen) atoms. The predicted molar refractivity (Wildman–Crippen MR) is 64.0 cm³/mol. The number of hydrogen-bond acceptors (Lipinski definition) is 2. The van der Waals surface area contributed by atoms with Crippen LogP contribution < -0.4 is 10.6 Å². The number of benzene rings is 1. The van der Waals surface area contributed by atoms with Crippen LogP contribution in [0.15, 0.2) is 18.2 Å². The Labute approximate surface area is 99.2 Å². The van der Waals surface area contributed by atoms with E-state index in [1.807, 2.05) is 13.8 Å². The number of nitrogens with two attached hydrogens (primary N) is 1. The van der Waals surface area contributed by atoms with Gasteiger partial charge in [0.05, 0.1) is 5.56 Å². The summed E-state index contributed by atoms with van der Waals surface area (Å²) in [7, 11) is 1.77. The van der Waals surface area contributed by atoms with Gasteiger partial charge >= 0.3 is 6.18 Å². The van der Waals surface area contributed by atoms with Gasteiger partial charge in [-0.2, -0.15) is 13.2 Å². The fraction of sp³-hybridized carbons (Fsp3) is 0.500. The number of hydrogen-bond donors (Lipinski definition) is 1. The Hall–Kier alpha value is -1.39. The summed E-state index contributed by atoms with van der Waals surface area (Å²) in [6.07, 6.45) is -4.40. The number of halogens is 3. The van der Waals surface area contributed by atoms with Gasteiger partial charge in [0, 0.05) is 25.0 Å². The van der Waals surface area contributed by atoms with Gasteiger partial charge in [0.25, 0.3) is 0 Å². The molecule has 0 radical (unpaired) electrons. The molecule has 0 aromatic heterocycles. The van der Waals surface area contributed by atoms with Gasteiger partial charge in [-0.25, -0.2) is 0 Å². The van der Waals surface area contributed by atoms with Gasteiger partial charge in [0.2, 0.25) is 0 Å². The molecule has 0 aliphatic rings. The van der Waals surface area contributed by atoms with Crippen LogP contribution in [0.5, 0.6) is 0 Å². The third-order valence-corrected chi connectivity index (χ3v) is 2.42. The predicted octanol–water partition coefficient (Wildman–Crippen LogP) is 3.38. The van der Waals surface area contributed by atoms with E-state index in [2.05, 4.69) is 0 Å². The van der Waals surface area contributed by atoms with Crippen LogP contribution in [0.3, 0.4) is 0 Å². The summed E-state index contributed by atoms with van der Waals surface area (Å²) in [4.78, 5) is 1.79. The zero-order valence-corrected chi connectivity index (χ0v) is 10.2. The summed E-state index contributed by atoms with van der Waals surface area (Å²) in [5.74, 6) is 0.381. The molecule has 0 unspecified atom stereocenters. The van der Waals surface area contributed by atoms with Crippen molar-refractivity contribution in [2.45, 2.75) is 20.0 Å². The molecular formula is C12H17F3N2. The zero-order chi connectivity index (χ0) is 13.2. The highest BCUT2D eigenvalue weighted by Gasteiger charge is 2.33. The van der Waals surface area contributed by atoms with Gasteiger partial charge in [0.15, 0.2) is 0 Å². The van der Waals surface area contributed by atoms with E-state index in [4.69, 9.17) is 5.73 Å². The molecule has 0 amide bonds. The number of nitrogen functional groups attached to an aromatic ring is 1. The average molecular weight is 246 g/mol. The standard InChI is InChI=1S/C12H17F3N2/c1-8(2)7-17(3)9-4-5-11(16)10(6-9)12(13,14)15/h4-6,8H,7,16H2,1-3H3. The molecule has 0 fully saturated rings. The molecule has 0 aliphatic carbocycles. The van der Waals surface area contributed by atoms with Crippen molar-refractivity contribution in [1.82, 2.24) is 0 Å². The van der Waals surface area contributed by atoms with Gasteiger partial charge in [-0.1, -0.05) is 13.8 Å². The van der Waals surface area contributed by atoms with Crippen molar-refractivity contribution in [3.8, 4) is 0 Å². The summed E-state index contributed by atoms with van der Waals surface area (Å²) in [5, 5.41) is 0. The maximum Gasteiger partial charge on any atom is 0.418 e. The summed E-state index contributed by atoms with van der Waals surface area (Å²) >= 11 is 0. The third-order valence-electron chi connectivity index (χ3n) is 2.42. The minimum atomic E-state index is -4.40. The second-order valence-corrected chi connectivity index (χ2v) is 4.54. The lowest BCUT2D eigenvalue weighted by molar-refractivity contribution is -0.136. The first-order valence-corrected chi connectivity index (χ1v) is 5.39. The van der Waals surface area contributed by atoms with Crippen LogP contribution >= 0.6 is 0 Å². The lowest BCUT2D eigenvalue weighted by atomic mass is 10.1. The Morgan fingerprint density at radius 3 is 2.35 bits per heavy atom. The Balaban J connectivity index is 3.04. The number of alkyl halides is 3. The van der Waals surface area contributed by atoms with Gasteiger partial charge in [0.1, 0.15) is 0 Å². The molecule has 0 saturated heterocycles. The highest BCUT2D eigenvalue weighted by molar-refractivity contribution is 5.59. The second kappa shape index (κ2) is 4.85. The van der Waals surface area contributed by atoms with Crippen molar-refractivity contribution >= 4 is 11.4 Å². The van der Waals surface area contributed by atoms with Gasteiger partial charge in [-0.3, -0.25) is 0 Å². The maximum atomic E-state index is 12.7. The van der Waals surface area contributed by atoms with Crippen LogP contribution in [0, 0.1) is 5.92 Å². The molecule has 1 aromatic carbocycles. The lowest BCUT2D eigenvalue weighted by Gasteiger charge is -2.23. The molecule has 0 aliphatic heterocycles. The molecule has 1 aromatic rings. The molecule has 2 nitrogen and oxygen atoms in total. The average Bonchev–Trinajstić information content (AvgIpc) is 2.15. The first kappa shape index (κ1) is 13.7. The largest absolute Gasteiger partial charge is 0.418 e. The summed E-state index contributed by atoms with van der Waals surface area (Å²) in [6.45, 7) is 4.72. The first-order valence-electron chi connectivity index (χ1n) is 5.39. The van der Waals surface area contributed by atoms with Crippen LogP contribution in [-0.2, 0) is 6.18 Å². The van der Waals surface area contributed by atoms with E-state index < -0.39 is 11.7 Å². The fourth-order valence-electron chi connectivity index (χ4n) is 1.68. The summed E-state index contributed by atoms with van der Waals surface area (Å²) in [6, 6.07) is 4.00. The van der Waals surface area contributed by atoms with Crippen LogP contribution in [0.4, 0.5) is 24.5 Å². The number of anilines is 2. The molecule has 0 atom stereocenters. The third kappa shape index (κ3) is 3.54. The summed E-state index contributed by atoms with van der Waals surface area (Å²) < 4.78 is 38.0. The van der Waals surface area contributed by atoms with Gasteiger partial charge in [-0.05, 0) is 24.1 Å². The Morgan fingerprint density at radius 2 is 1.88 bits per heavy atom. The van der Waals surface area contributed by atoms with Gasteiger partial charge in [-0.15, -0.1) is 0 Å². The second-order valence-electron chi connectivity index (χ2n) is 4.54. The van der Waals surface area contributed by atoms with Crippen LogP contribution in [0.1, 0.15) is 19.4 Å². The fourth-order valence-corrected chi connectivity index (χ4v) is 1.68. The Bertz CT molecular complexity index is 386. The van der Waals surface area contributed by atoms with E-state index in [0.717, 1.165) is 6.07 Å². The topological polar surface area (TPSA) is 29.3 Å². The van der Waals surface area contributed by atoms with Crippen molar-refractivity contribution in [2.24, 2.45) is 5.92 Å². The van der Waals surface area contributed by atoms with Crippen LogP contribution in [-0.4, -0.2) is 13.6 Å². The normalized spacial score (nSPS) is 11.9. The smallest absolute Gasteiger partial charge is 0.398 e. The minimum Gasteiger partial charge on any atom is -0.398 e. The van der Waals surface area contributed by atoms with Crippen LogP contribution in [0.25, 0.3) is 0 Å². The first-order chi connectivity index (χ1) is 7.71. The minimum absolute atomic E-state index is 0.237. The Kier molecular flexibility index (Phi) is 3.91. The van der Waals surface area contributed by atoms with Crippen molar-refractivity contribution in [3.05, 3.63) is 23.8 Å². The van der Waals surface area contributed by atoms with Crippen molar-refractivity contribution in [1.29, 1.82) is 0 Å². The summed E-state index contributed by atoms with van der Waals surface area (Å²) in [5.41, 5.74) is 4.86. The molecule has 5 heteroatoms. The highest BCUT2D eigenvalue weighted by atomic mass is 19.4. The molecular weight excluding hydrogens is 229 g/mol. The van der Waals surface area contributed by atoms with E-state index >= 15 is 0 Å². The lowest BCUT2D eigenvalue weighted by Crippen LogP contribution is -2.23. The van der Waals surface area contributed by atoms with Crippen LogP contribution in [0.2, 0.25) is 0 Å². The molecule has 0 saturated carbocycles. The molecule has 2 N–H and O–H groups in total. The highest BCUT2D eigenvalue weighted by Crippen LogP contribution is 2.35. The molecule has 96 valence electrons. The maximum absolute atomic E-state index is 12.7. The monoisotopic (exact) mass is 246 g/mol. The van der Waals surface area contributed by atoms with Crippen molar-refractivity contribution in [3.63, 3.8) is 0 Å². The quantitative estimate of drug-likeness (QED) is 0.828. The van der Waals surface area contributed by atoms with E-state index in [0.29, 0.717) is 18.2 Å². The zero-order valence-electron chi connectivity index (χ0n) is 10.2. The number of rotatable bonds is 3. The molecule has 1 rings (SSSR count). The Morgan fingerprint density at radius 1 is 1.29 bits per heavy atom. The van der Waals surface area contributed by atoms with Gasteiger partial charge < -0.3 is 10.6 Å². The SMILES string of the molecule is CC(C)CN(C)c1ccc(N)c(C(F)(F)F)c1. The molecule has 0 heterocycles. The molecule has 0 spiro atoms. The van der Waals surface area contributed by atoms with E-state index in [-0.39, 0.29) is 5.69 Å².